The van der Waals surface area contributed by atoms with Crippen molar-refractivity contribution in [1.29, 1.82) is 0 Å². The summed E-state index contributed by atoms with van der Waals surface area (Å²) in [6.45, 7) is 6.20. The number of aromatic nitrogens is 1. The van der Waals surface area contributed by atoms with Crippen LogP contribution in [0, 0.1) is 13.8 Å². The lowest BCUT2D eigenvalue weighted by molar-refractivity contribution is -0.120. The van der Waals surface area contributed by atoms with Gasteiger partial charge in [0.15, 0.2) is 0 Å². The average molecular weight is 277 g/mol. The minimum Gasteiger partial charge on any atom is -0.469 e. The molecule has 0 bridgehead atoms. The van der Waals surface area contributed by atoms with Gasteiger partial charge in [-0.05, 0) is 33.9 Å². The lowest BCUT2D eigenvalue weighted by Gasteiger charge is -2.22. The predicted molar refractivity (Wildman–Crippen MR) is 74.2 cm³/mol. The van der Waals surface area contributed by atoms with Crippen molar-refractivity contribution < 1.29 is 13.7 Å². The number of aryl methyl sites for hydroxylation is 2. The smallest absolute Gasteiger partial charge is 0.243 e. The van der Waals surface area contributed by atoms with Gasteiger partial charge in [0.25, 0.3) is 0 Å². The molecule has 0 saturated carbocycles. The molecule has 0 saturated heterocycles. The van der Waals surface area contributed by atoms with E-state index in [4.69, 9.17) is 8.94 Å². The van der Waals surface area contributed by atoms with Crippen LogP contribution >= 0.6 is 0 Å². The molecule has 0 aliphatic heterocycles. The highest BCUT2D eigenvalue weighted by Crippen LogP contribution is 2.14. The molecule has 0 spiro atoms. The van der Waals surface area contributed by atoms with Crippen molar-refractivity contribution in [3.63, 3.8) is 0 Å². The Balaban J connectivity index is 1.94. The standard InChI is InChI=1S/C14H19N3O3/c1-9-7-13(20-16-9)15-14(18)10(2)17(4)8-12-5-6-19-11(12)3/h5-7,10H,8H2,1-4H3,(H,15,18). The number of likely N-dealkylation sites (N-methyl/N-ethyl adjacent to an activating group) is 1. The van der Waals surface area contributed by atoms with Gasteiger partial charge in [0.2, 0.25) is 11.8 Å². The van der Waals surface area contributed by atoms with Crippen LogP contribution in [0.1, 0.15) is 23.9 Å². The summed E-state index contributed by atoms with van der Waals surface area (Å²) in [6.07, 6.45) is 1.65. The lowest BCUT2D eigenvalue weighted by Crippen LogP contribution is -2.39. The number of hydrogen-bond donors (Lipinski definition) is 1. The molecular formula is C14H19N3O3. The maximum absolute atomic E-state index is 12.1. The van der Waals surface area contributed by atoms with Crippen LogP contribution in [0.5, 0.6) is 0 Å². The first-order valence-corrected chi connectivity index (χ1v) is 6.44. The lowest BCUT2D eigenvalue weighted by atomic mass is 10.2. The quantitative estimate of drug-likeness (QED) is 0.908. The van der Waals surface area contributed by atoms with Crippen molar-refractivity contribution in [2.24, 2.45) is 0 Å². The third-order valence-electron chi connectivity index (χ3n) is 3.30. The number of carbonyl (C=O) groups is 1. The van der Waals surface area contributed by atoms with Crippen LogP contribution in [0.25, 0.3) is 0 Å². The maximum Gasteiger partial charge on any atom is 0.243 e. The molecule has 6 nitrogen and oxygen atoms in total. The molecule has 1 unspecified atom stereocenters. The normalized spacial score (nSPS) is 12.7. The fourth-order valence-electron chi connectivity index (χ4n) is 1.83. The van der Waals surface area contributed by atoms with E-state index in [1.807, 2.05) is 31.9 Å². The zero-order valence-corrected chi connectivity index (χ0v) is 12.1. The monoisotopic (exact) mass is 277 g/mol. The van der Waals surface area contributed by atoms with Crippen LogP contribution in [0.15, 0.2) is 27.3 Å². The van der Waals surface area contributed by atoms with Gasteiger partial charge in [0.05, 0.1) is 18.0 Å². The van der Waals surface area contributed by atoms with Crippen LogP contribution in [0.4, 0.5) is 5.88 Å². The topological polar surface area (TPSA) is 71.5 Å². The molecule has 0 aliphatic rings. The molecule has 6 heteroatoms. The summed E-state index contributed by atoms with van der Waals surface area (Å²) in [6, 6.07) is 3.30. The molecule has 1 atom stereocenters. The van der Waals surface area contributed by atoms with E-state index in [0.29, 0.717) is 12.4 Å². The summed E-state index contributed by atoms with van der Waals surface area (Å²) in [4.78, 5) is 14.1. The maximum atomic E-state index is 12.1. The summed E-state index contributed by atoms with van der Waals surface area (Å²) < 4.78 is 10.2. The van der Waals surface area contributed by atoms with Gasteiger partial charge >= 0.3 is 0 Å². The van der Waals surface area contributed by atoms with Gasteiger partial charge in [-0.2, -0.15) is 0 Å². The van der Waals surface area contributed by atoms with E-state index in [1.54, 1.807) is 19.3 Å². The van der Waals surface area contributed by atoms with Crippen LogP contribution in [-0.2, 0) is 11.3 Å². The molecular weight excluding hydrogens is 258 g/mol. The van der Waals surface area contributed by atoms with Gasteiger partial charge in [-0.1, -0.05) is 5.16 Å². The third-order valence-corrected chi connectivity index (χ3v) is 3.30. The van der Waals surface area contributed by atoms with E-state index < -0.39 is 0 Å². The Labute approximate surface area is 117 Å². The number of furan rings is 1. The summed E-state index contributed by atoms with van der Waals surface area (Å²) in [7, 11) is 1.89. The number of anilines is 1. The Morgan fingerprint density at radius 1 is 1.50 bits per heavy atom. The highest BCUT2D eigenvalue weighted by atomic mass is 16.5. The molecule has 0 aromatic carbocycles. The van der Waals surface area contributed by atoms with E-state index in [9.17, 15) is 4.79 Å². The summed E-state index contributed by atoms with van der Waals surface area (Å²) in [5, 5.41) is 6.43. The number of nitrogens with one attached hydrogen (secondary N) is 1. The summed E-state index contributed by atoms with van der Waals surface area (Å²) >= 11 is 0. The Bertz CT molecular complexity index is 588. The molecule has 0 aliphatic carbocycles. The minimum absolute atomic E-state index is 0.134. The average Bonchev–Trinajstić information content (AvgIpc) is 2.98. The van der Waals surface area contributed by atoms with E-state index in [2.05, 4.69) is 10.5 Å². The largest absolute Gasteiger partial charge is 0.469 e. The van der Waals surface area contributed by atoms with Gasteiger partial charge < -0.3 is 8.94 Å². The molecule has 1 N–H and O–H groups in total. The Hall–Kier alpha value is -2.08. The summed E-state index contributed by atoms with van der Waals surface area (Å²) in [5.41, 5.74) is 1.80. The molecule has 2 heterocycles. The van der Waals surface area contributed by atoms with Gasteiger partial charge in [-0.25, -0.2) is 0 Å². The van der Waals surface area contributed by atoms with Crippen molar-refractivity contribution >= 4 is 11.8 Å². The van der Waals surface area contributed by atoms with Crippen molar-refractivity contribution in [2.75, 3.05) is 12.4 Å². The molecule has 0 fully saturated rings. The molecule has 2 aromatic rings. The number of carbonyl (C=O) groups excluding carboxylic acids is 1. The molecule has 0 radical (unpaired) electrons. The first-order chi connectivity index (χ1) is 9.47. The van der Waals surface area contributed by atoms with Crippen LogP contribution in [0.3, 0.4) is 0 Å². The number of hydrogen-bond acceptors (Lipinski definition) is 5. The van der Waals surface area contributed by atoms with Gasteiger partial charge in [-0.15, -0.1) is 0 Å². The van der Waals surface area contributed by atoms with Crippen molar-refractivity contribution in [3.05, 3.63) is 35.4 Å². The zero-order chi connectivity index (χ0) is 14.7. The molecule has 108 valence electrons. The minimum atomic E-state index is -0.297. The second kappa shape index (κ2) is 5.92. The highest BCUT2D eigenvalue weighted by Gasteiger charge is 2.20. The van der Waals surface area contributed by atoms with E-state index in [0.717, 1.165) is 17.0 Å². The van der Waals surface area contributed by atoms with Crippen molar-refractivity contribution in [3.8, 4) is 0 Å². The second-order valence-electron chi connectivity index (χ2n) is 4.91. The fraction of sp³-hybridized carbons (Fsp3) is 0.429. The van der Waals surface area contributed by atoms with Crippen LogP contribution in [-0.4, -0.2) is 29.1 Å². The first kappa shape index (κ1) is 14.3. The van der Waals surface area contributed by atoms with E-state index in [-0.39, 0.29) is 11.9 Å². The number of nitrogens with zero attached hydrogens (tertiary/aromatic N) is 2. The predicted octanol–water partition coefficient (Wildman–Crippen LogP) is 2.34. The number of amides is 1. The number of rotatable bonds is 5. The molecule has 2 aromatic heterocycles. The first-order valence-electron chi connectivity index (χ1n) is 6.44. The second-order valence-corrected chi connectivity index (χ2v) is 4.91. The third kappa shape index (κ3) is 3.27. The molecule has 2 rings (SSSR count). The van der Waals surface area contributed by atoms with Crippen LogP contribution in [0.2, 0.25) is 0 Å². The zero-order valence-electron chi connectivity index (χ0n) is 12.1. The highest BCUT2D eigenvalue weighted by molar-refractivity contribution is 5.93. The van der Waals surface area contributed by atoms with Crippen molar-refractivity contribution in [2.45, 2.75) is 33.4 Å². The van der Waals surface area contributed by atoms with E-state index >= 15 is 0 Å². The Kier molecular flexibility index (Phi) is 4.24. The SMILES string of the molecule is Cc1cc(NC(=O)C(C)N(C)Cc2ccoc2C)on1. The van der Waals surface area contributed by atoms with Crippen LogP contribution < -0.4 is 5.32 Å². The fourth-order valence-corrected chi connectivity index (χ4v) is 1.83. The molecule has 20 heavy (non-hydrogen) atoms. The summed E-state index contributed by atoms with van der Waals surface area (Å²) in [5.74, 6) is 1.10. The molecule has 1 amide bonds. The van der Waals surface area contributed by atoms with E-state index in [1.165, 1.54) is 0 Å². The Morgan fingerprint density at radius 2 is 2.25 bits per heavy atom. The van der Waals surface area contributed by atoms with Gasteiger partial charge in [0, 0.05) is 18.2 Å². The van der Waals surface area contributed by atoms with Gasteiger partial charge in [0.1, 0.15) is 5.76 Å². The van der Waals surface area contributed by atoms with Crippen molar-refractivity contribution in [1.82, 2.24) is 10.1 Å². The Morgan fingerprint density at radius 3 is 2.80 bits per heavy atom. The van der Waals surface area contributed by atoms with Gasteiger partial charge in [-0.3, -0.25) is 15.0 Å².